The van der Waals surface area contributed by atoms with Gasteiger partial charge in [0, 0.05) is 42.1 Å². The lowest BCUT2D eigenvalue weighted by atomic mass is 10.0. The highest BCUT2D eigenvalue weighted by molar-refractivity contribution is 5.80. The van der Waals surface area contributed by atoms with E-state index in [1.807, 2.05) is 36.7 Å². The lowest BCUT2D eigenvalue weighted by molar-refractivity contribution is 1.08. The van der Waals surface area contributed by atoms with Gasteiger partial charge in [-0.05, 0) is 19.4 Å². The predicted octanol–water partition coefficient (Wildman–Crippen LogP) is 1.86. The summed E-state index contributed by atoms with van der Waals surface area (Å²) in [6.45, 7) is 3.89. The zero-order chi connectivity index (χ0) is 14.1. The van der Waals surface area contributed by atoms with Crippen LogP contribution in [0.1, 0.15) is 23.7 Å². The molecule has 2 N–H and O–H groups in total. The van der Waals surface area contributed by atoms with Gasteiger partial charge in [-0.1, -0.05) is 6.08 Å². The number of aromatic nitrogens is 5. The van der Waals surface area contributed by atoms with Crippen molar-refractivity contribution >= 4 is 17.3 Å². The van der Waals surface area contributed by atoms with E-state index in [2.05, 4.69) is 19.9 Å². The summed E-state index contributed by atoms with van der Waals surface area (Å²) in [5, 5.41) is 0. The van der Waals surface area contributed by atoms with Crippen molar-refractivity contribution in [1.29, 1.82) is 0 Å². The summed E-state index contributed by atoms with van der Waals surface area (Å²) in [6, 6.07) is 0. The SMILES string of the molecule is C/C=C(/c1cnc2nccn2c1)c1cnc(N)nc1C. The number of fused-ring (bicyclic) bond motifs is 1. The maximum atomic E-state index is 5.60. The fourth-order valence-corrected chi connectivity index (χ4v) is 2.18. The molecule has 3 rings (SSSR count). The van der Waals surface area contributed by atoms with Gasteiger partial charge in [0.15, 0.2) is 0 Å². The summed E-state index contributed by atoms with van der Waals surface area (Å²) < 4.78 is 1.88. The van der Waals surface area contributed by atoms with Crippen LogP contribution in [0.2, 0.25) is 0 Å². The Hall–Kier alpha value is -2.76. The second-order valence-electron chi connectivity index (χ2n) is 4.41. The van der Waals surface area contributed by atoms with Crippen LogP contribution in [0, 0.1) is 6.92 Å². The Balaban J connectivity index is 2.13. The molecule has 0 amide bonds. The zero-order valence-electron chi connectivity index (χ0n) is 11.3. The minimum absolute atomic E-state index is 0.282. The van der Waals surface area contributed by atoms with Gasteiger partial charge in [0.25, 0.3) is 0 Å². The topological polar surface area (TPSA) is 82.0 Å². The van der Waals surface area contributed by atoms with E-state index in [1.54, 1.807) is 18.6 Å². The molecule has 0 radical (unpaired) electrons. The van der Waals surface area contributed by atoms with Crippen LogP contribution in [0.4, 0.5) is 5.95 Å². The van der Waals surface area contributed by atoms with Gasteiger partial charge in [0.1, 0.15) is 0 Å². The molecule has 0 aromatic carbocycles. The third-order valence-electron chi connectivity index (χ3n) is 3.13. The fraction of sp³-hybridized carbons (Fsp3) is 0.143. The fourth-order valence-electron chi connectivity index (χ4n) is 2.18. The molecule has 3 aromatic heterocycles. The van der Waals surface area contributed by atoms with Gasteiger partial charge in [0.05, 0.1) is 5.69 Å². The molecule has 0 saturated carbocycles. The van der Waals surface area contributed by atoms with Crippen LogP contribution in [0.25, 0.3) is 11.4 Å². The van der Waals surface area contributed by atoms with E-state index in [0.717, 1.165) is 22.4 Å². The molecule has 0 unspecified atom stereocenters. The van der Waals surface area contributed by atoms with E-state index < -0.39 is 0 Å². The molecule has 3 aromatic rings. The van der Waals surface area contributed by atoms with E-state index >= 15 is 0 Å². The Labute approximate surface area is 116 Å². The predicted molar refractivity (Wildman–Crippen MR) is 76.9 cm³/mol. The van der Waals surface area contributed by atoms with Crippen molar-refractivity contribution in [3.8, 4) is 0 Å². The summed E-state index contributed by atoms with van der Waals surface area (Å²) in [5.41, 5.74) is 9.39. The number of nitrogens with zero attached hydrogens (tertiary/aromatic N) is 5. The smallest absolute Gasteiger partial charge is 0.233 e. The van der Waals surface area contributed by atoms with E-state index in [-0.39, 0.29) is 5.95 Å². The molecule has 0 saturated heterocycles. The standard InChI is InChI=1S/C14H14N6/c1-3-11(12-7-17-13(15)19-9(12)2)10-6-18-14-16-4-5-20(14)8-10/h3-8H,1-2H3,(H2,15,17,19)/b11-3-. The van der Waals surface area contributed by atoms with Crippen molar-refractivity contribution in [2.75, 3.05) is 5.73 Å². The molecular formula is C14H14N6. The molecule has 0 spiro atoms. The van der Waals surface area contributed by atoms with Gasteiger partial charge in [-0.2, -0.15) is 0 Å². The molecule has 20 heavy (non-hydrogen) atoms. The molecule has 6 nitrogen and oxygen atoms in total. The largest absolute Gasteiger partial charge is 0.368 e. The second kappa shape index (κ2) is 4.73. The number of nitrogens with two attached hydrogens (primary N) is 1. The monoisotopic (exact) mass is 266 g/mol. The van der Waals surface area contributed by atoms with Crippen LogP contribution in [0.5, 0.6) is 0 Å². The minimum atomic E-state index is 0.282. The van der Waals surface area contributed by atoms with Gasteiger partial charge >= 0.3 is 0 Å². The molecule has 0 aliphatic rings. The molecule has 0 aliphatic carbocycles. The van der Waals surface area contributed by atoms with E-state index in [1.165, 1.54) is 0 Å². The van der Waals surface area contributed by atoms with Crippen LogP contribution in [-0.4, -0.2) is 24.3 Å². The third-order valence-corrected chi connectivity index (χ3v) is 3.13. The van der Waals surface area contributed by atoms with E-state index in [9.17, 15) is 0 Å². The summed E-state index contributed by atoms with van der Waals surface area (Å²) in [4.78, 5) is 16.7. The zero-order valence-corrected chi connectivity index (χ0v) is 11.3. The summed E-state index contributed by atoms with van der Waals surface area (Å²) in [6.07, 6.45) is 11.1. The van der Waals surface area contributed by atoms with Crippen molar-refractivity contribution in [1.82, 2.24) is 24.3 Å². The van der Waals surface area contributed by atoms with Crippen LogP contribution < -0.4 is 5.73 Å². The molecule has 0 atom stereocenters. The van der Waals surface area contributed by atoms with E-state index in [4.69, 9.17) is 5.73 Å². The number of hydrogen-bond donors (Lipinski definition) is 1. The number of hydrogen-bond acceptors (Lipinski definition) is 5. The molecular weight excluding hydrogens is 252 g/mol. The number of rotatable bonds is 2. The number of imidazole rings is 1. The average molecular weight is 266 g/mol. The Kier molecular flexibility index (Phi) is 2.90. The highest BCUT2D eigenvalue weighted by atomic mass is 15.1. The Morgan fingerprint density at radius 1 is 1.25 bits per heavy atom. The molecule has 6 heteroatoms. The quantitative estimate of drug-likeness (QED) is 0.765. The molecule has 0 aliphatic heterocycles. The minimum Gasteiger partial charge on any atom is -0.368 e. The number of nitrogen functional groups attached to an aromatic ring is 1. The Morgan fingerprint density at radius 2 is 2.10 bits per heavy atom. The first kappa shape index (κ1) is 12.3. The number of anilines is 1. The van der Waals surface area contributed by atoms with Crippen molar-refractivity contribution < 1.29 is 0 Å². The highest BCUT2D eigenvalue weighted by Gasteiger charge is 2.10. The van der Waals surface area contributed by atoms with Gasteiger partial charge < -0.3 is 5.73 Å². The number of aryl methyl sites for hydroxylation is 1. The van der Waals surface area contributed by atoms with Crippen LogP contribution in [0.15, 0.2) is 37.1 Å². The van der Waals surface area contributed by atoms with Crippen LogP contribution in [-0.2, 0) is 0 Å². The molecule has 0 bridgehead atoms. The Bertz CT molecular complexity index is 802. The van der Waals surface area contributed by atoms with Crippen LogP contribution in [0.3, 0.4) is 0 Å². The van der Waals surface area contributed by atoms with Gasteiger partial charge in [0.2, 0.25) is 11.7 Å². The van der Waals surface area contributed by atoms with E-state index in [0.29, 0.717) is 5.78 Å². The molecule has 100 valence electrons. The molecule has 0 fully saturated rings. The first-order chi connectivity index (χ1) is 9.69. The molecule has 3 heterocycles. The van der Waals surface area contributed by atoms with Crippen LogP contribution >= 0.6 is 0 Å². The maximum absolute atomic E-state index is 5.60. The second-order valence-corrected chi connectivity index (χ2v) is 4.41. The van der Waals surface area contributed by atoms with Gasteiger partial charge in [-0.15, -0.1) is 0 Å². The van der Waals surface area contributed by atoms with Crippen molar-refractivity contribution in [3.63, 3.8) is 0 Å². The summed E-state index contributed by atoms with van der Waals surface area (Å²) in [7, 11) is 0. The van der Waals surface area contributed by atoms with Gasteiger partial charge in [-0.3, -0.25) is 4.40 Å². The number of allylic oxidation sites excluding steroid dienone is 1. The maximum Gasteiger partial charge on any atom is 0.233 e. The van der Waals surface area contributed by atoms with Gasteiger partial charge in [-0.25, -0.2) is 19.9 Å². The van der Waals surface area contributed by atoms with Crippen molar-refractivity contribution in [3.05, 3.63) is 53.9 Å². The highest BCUT2D eigenvalue weighted by Crippen LogP contribution is 2.24. The first-order valence-electron chi connectivity index (χ1n) is 6.24. The summed E-state index contributed by atoms with van der Waals surface area (Å²) >= 11 is 0. The third kappa shape index (κ3) is 2.01. The lowest BCUT2D eigenvalue weighted by Crippen LogP contribution is -2.02. The Morgan fingerprint density at radius 3 is 2.85 bits per heavy atom. The average Bonchev–Trinajstić information content (AvgIpc) is 2.89. The van der Waals surface area contributed by atoms with Crippen molar-refractivity contribution in [2.45, 2.75) is 13.8 Å². The summed E-state index contributed by atoms with van der Waals surface area (Å²) in [5.74, 6) is 0.958. The first-order valence-corrected chi connectivity index (χ1v) is 6.24. The lowest BCUT2D eigenvalue weighted by Gasteiger charge is -2.10. The normalized spacial score (nSPS) is 12.0. The van der Waals surface area contributed by atoms with Crippen molar-refractivity contribution in [2.24, 2.45) is 0 Å².